The van der Waals surface area contributed by atoms with E-state index in [0.29, 0.717) is 17.2 Å². The van der Waals surface area contributed by atoms with Crippen molar-refractivity contribution in [1.29, 1.82) is 0 Å². The summed E-state index contributed by atoms with van der Waals surface area (Å²) >= 11 is -4.09. The smallest absolute Gasteiger partial charge is 0.201 e. The molecule has 3 aromatic rings. The number of azo groups is 1. The number of amidine groups is 1. The normalized spacial score (nSPS) is 13.9. The van der Waals surface area contributed by atoms with E-state index in [1.807, 2.05) is 30.3 Å². The lowest BCUT2D eigenvalue weighted by Crippen LogP contribution is -2.01. The van der Waals surface area contributed by atoms with E-state index in [1.165, 1.54) is 24.3 Å². The molecular formula is C19H16N4O4S2. The van der Waals surface area contributed by atoms with Crippen LogP contribution in [0.3, 0.4) is 0 Å². The molecule has 0 saturated heterocycles. The minimum Gasteiger partial charge on any atom is -0.302 e. The first kappa shape index (κ1) is 20.7. The number of anilines is 1. The van der Waals surface area contributed by atoms with Crippen LogP contribution in [0.15, 0.2) is 104 Å². The van der Waals surface area contributed by atoms with Crippen molar-refractivity contribution in [3.63, 3.8) is 0 Å². The van der Waals surface area contributed by atoms with Gasteiger partial charge in [-0.05, 0) is 48.5 Å². The number of nitrogens with one attached hydrogen (secondary N) is 1. The van der Waals surface area contributed by atoms with Crippen LogP contribution in [0.1, 0.15) is 5.56 Å². The molecule has 2 unspecified atom stereocenters. The van der Waals surface area contributed by atoms with Crippen LogP contribution in [0, 0.1) is 0 Å². The van der Waals surface area contributed by atoms with E-state index in [0.717, 1.165) is 5.56 Å². The van der Waals surface area contributed by atoms with Crippen molar-refractivity contribution < 1.29 is 17.5 Å². The Morgan fingerprint density at radius 3 is 1.86 bits per heavy atom. The van der Waals surface area contributed by atoms with Gasteiger partial charge in [-0.3, -0.25) is 5.43 Å². The molecule has 0 aromatic heterocycles. The molecular weight excluding hydrogens is 412 g/mol. The predicted octanol–water partition coefficient (Wildman–Crippen LogP) is 4.41. The molecule has 2 atom stereocenters. The van der Waals surface area contributed by atoms with Gasteiger partial charge in [0.15, 0.2) is 22.2 Å². The Balaban J connectivity index is 1.83. The summed E-state index contributed by atoms with van der Waals surface area (Å²) in [5.74, 6) is 0.315. The van der Waals surface area contributed by atoms with Crippen LogP contribution < -0.4 is 5.43 Å². The average Bonchev–Trinajstić information content (AvgIpc) is 2.75. The number of nitrogens with zero attached hydrogens (tertiary/aromatic N) is 3. The molecule has 0 amide bonds. The third kappa shape index (κ3) is 5.96. The molecule has 10 heteroatoms. The molecule has 3 rings (SSSR count). The standard InChI is InChI=1S/C19H16N4O4S2/c24-28(25)17-10-6-15(7-11-17)20-22-19(14-4-2-1-3-5-14)23-21-16-8-12-18(13-9-16)29(26)27/h1-13,20H,(H,24,25)(H,26,27)/b22-19+,23-21?. The molecule has 0 fully saturated rings. The van der Waals surface area contributed by atoms with Crippen molar-refractivity contribution in [2.45, 2.75) is 9.79 Å². The lowest BCUT2D eigenvalue weighted by atomic mass is 10.2. The summed E-state index contributed by atoms with van der Waals surface area (Å²) in [4.78, 5) is 0.560. The maximum absolute atomic E-state index is 11.0. The number of hydrogen-bond acceptors (Lipinski definition) is 5. The zero-order valence-corrected chi connectivity index (χ0v) is 16.5. The summed E-state index contributed by atoms with van der Waals surface area (Å²) in [5.41, 5.74) is 4.68. The first-order valence-electron chi connectivity index (χ1n) is 8.25. The first-order chi connectivity index (χ1) is 14.0. The van der Waals surface area contributed by atoms with Crippen LogP contribution in [0.25, 0.3) is 0 Å². The van der Waals surface area contributed by atoms with E-state index < -0.39 is 22.2 Å². The van der Waals surface area contributed by atoms with Gasteiger partial charge in [-0.1, -0.05) is 30.3 Å². The zero-order valence-electron chi connectivity index (χ0n) is 14.9. The Hall–Kier alpha value is -3.05. The van der Waals surface area contributed by atoms with Gasteiger partial charge in [-0.15, -0.1) is 10.2 Å². The van der Waals surface area contributed by atoms with Gasteiger partial charge in [-0.2, -0.15) is 5.10 Å². The van der Waals surface area contributed by atoms with Gasteiger partial charge in [0.1, 0.15) is 0 Å². The molecule has 29 heavy (non-hydrogen) atoms. The molecule has 3 N–H and O–H groups in total. The van der Waals surface area contributed by atoms with Crippen LogP contribution in [0.2, 0.25) is 0 Å². The molecule has 0 bridgehead atoms. The highest BCUT2D eigenvalue weighted by molar-refractivity contribution is 7.79. The third-order valence-corrected chi connectivity index (χ3v) is 5.03. The van der Waals surface area contributed by atoms with Crippen LogP contribution in [0.5, 0.6) is 0 Å². The quantitative estimate of drug-likeness (QED) is 0.176. The Morgan fingerprint density at radius 1 is 0.759 bits per heavy atom. The van der Waals surface area contributed by atoms with Gasteiger partial charge < -0.3 is 9.11 Å². The summed E-state index contributed by atoms with van der Waals surface area (Å²) in [6.45, 7) is 0. The van der Waals surface area contributed by atoms with E-state index in [1.54, 1.807) is 24.3 Å². The van der Waals surface area contributed by atoms with Gasteiger partial charge >= 0.3 is 0 Å². The topological polar surface area (TPSA) is 124 Å². The van der Waals surface area contributed by atoms with Gasteiger partial charge in [0.2, 0.25) is 5.84 Å². The Bertz CT molecular complexity index is 1070. The maximum Gasteiger partial charge on any atom is 0.201 e. The van der Waals surface area contributed by atoms with Crippen molar-refractivity contribution in [2.75, 3.05) is 5.43 Å². The summed E-state index contributed by atoms with van der Waals surface area (Å²) < 4.78 is 40.2. The van der Waals surface area contributed by atoms with E-state index in [-0.39, 0.29) is 9.79 Å². The zero-order chi connectivity index (χ0) is 20.6. The fourth-order valence-electron chi connectivity index (χ4n) is 2.23. The molecule has 3 aromatic carbocycles. The second-order valence-corrected chi connectivity index (χ2v) is 7.57. The summed E-state index contributed by atoms with van der Waals surface area (Å²) in [5, 5.41) is 12.6. The molecule has 0 spiro atoms. The second kappa shape index (κ2) is 9.94. The van der Waals surface area contributed by atoms with Gasteiger partial charge in [0, 0.05) is 5.56 Å². The highest BCUT2D eigenvalue weighted by atomic mass is 32.2. The molecule has 8 nitrogen and oxygen atoms in total. The Labute approximate surface area is 172 Å². The van der Waals surface area contributed by atoms with Crippen molar-refractivity contribution in [2.24, 2.45) is 15.3 Å². The van der Waals surface area contributed by atoms with Crippen molar-refractivity contribution in [1.82, 2.24) is 0 Å². The second-order valence-electron chi connectivity index (χ2n) is 5.63. The Kier molecular flexibility index (Phi) is 7.09. The predicted molar refractivity (Wildman–Crippen MR) is 112 cm³/mol. The van der Waals surface area contributed by atoms with Crippen LogP contribution in [-0.2, 0) is 22.2 Å². The minimum atomic E-state index is -2.05. The number of hydrazone groups is 1. The number of rotatable bonds is 6. The lowest BCUT2D eigenvalue weighted by Gasteiger charge is -2.04. The maximum atomic E-state index is 11.0. The molecule has 0 heterocycles. The molecule has 0 aliphatic rings. The van der Waals surface area contributed by atoms with E-state index in [9.17, 15) is 8.42 Å². The van der Waals surface area contributed by atoms with Gasteiger partial charge in [-0.25, -0.2) is 8.42 Å². The molecule has 0 aliphatic heterocycles. The molecule has 0 aliphatic carbocycles. The fourth-order valence-corrected chi connectivity index (χ4v) is 2.97. The monoisotopic (exact) mass is 428 g/mol. The lowest BCUT2D eigenvalue weighted by molar-refractivity contribution is 0.563. The minimum absolute atomic E-state index is 0.273. The van der Waals surface area contributed by atoms with Crippen LogP contribution >= 0.6 is 0 Å². The van der Waals surface area contributed by atoms with E-state index >= 15 is 0 Å². The number of hydrogen-bond donors (Lipinski definition) is 3. The average molecular weight is 428 g/mol. The summed E-state index contributed by atoms with van der Waals surface area (Å²) in [7, 11) is 0. The molecule has 148 valence electrons. The van der Waals surface area contributed by atoms with Crippen LogP contribution in [0.4, 0.5) is 11.4 Å². The number of benzene rings is 3. The van der Waals surface area contributed by atoms with Gasteiger partial charge in [0.25, 0.3) is 0 Å². The van der Waals surface area contributed by atoms with Crippen molar-refractivity contribution in [3.05, 3.63) is 84.4 Å². The van der Waals surface area contributed by atoms with Crippen LogP contribution in [-0.4, -0.2) is 23.4 Å². The largest absolute Gasteiger partial charge is 0.302 e. The molecule has 0 radical (unpaired) electrons. The third-order valence-electron chi connectivity index (χ3n) is 3.68. The van der Waals surface area contributed by atoms with Crippen molar-refractivity contribution >= 4 is 39.4 Å². The first-order valence-corrected chi connectivity index (χ1v) is 10.5. The van der Waals surface area contributed by atoms with Crippen molar-refractivity contribution in [3.8, 4) is 0 Å². The highest BCUT2D eigenvalue weighted by Crippen LogP contribution is 2.17. The SMILES string of the molecule is O=S(O)c1ccc(N=N/C(=N/Nc2ccc(S(=O)O)cc2)c2ccccc2)cc1. The van der Waals surface area contributed by atoms with Gasteiger partial charge in [0.05, 0.1) is 21.2 Å². The Morgan fingerprint density at radius 2 is 1.31 bits per heavy atom. The summed E-state index contributed by atoms with van der Waals surface area (Å²) in [6, 6.07) is 21.7. The van der Waals surface area contributed by atoms with E-state index in [4.69, 9.17) is 9.11 Å². The summed E-state index contributed by atoms with van der Waals surface area (Å²) in [6.07, 6.45) is 0. The molecule has 0 saturated carbocycles. The highest BCUT2D eigenvalue weighted by Gasteiger charge is 2.04. The fraction of sp³-hybridized carbons (Fsp3) is 0. The van der Waals surface area contributed by atoms with E-state index in [2.05, 4.69) is 20.8 Å².